The molecule has 106 valence electrons. The van der Waals surface area contributed by atoms with Crippen LogP contribution in [0.2, 0.25) is 0 Å². The van der Waals surface area contributed by atoms with Gasteiger partial charge in [-0.1, -0.05) is 6.07 Å². The molecule has 0 atom stereocenters. The van der Waals surface area contributed by atoms with Crippen LogP contribution in [0.25, 0.3) is 5.82 Å². The monoisotopic (exact) mass is 288 g/mol. The fourth-order valence-corrected chi connectivity index (χ4v) is 1.71. The molecule has 0 saturated carbocycles. The van der Waals surface area contributed by atoms with E-state index in [9.17, 15) is 8.78 Å². The zero-order valence-electron chi connectivity index (χ0n) is 10.7. The van der Waals surface area contributed by atoms with Crippen molar-refractivity contribution >= 4 is 11.5 Å². The highest BCUT2D eigenvalue weighted by atomic mass is 19.3. The predicted octanol–water partition coefficient (Wildman–Crippen LogP) is 2.74. The second kappa shape index (κ2) is 5.61. The minimum absolute atomic E-state index is 0.279. The smallest absolute Gasteiger partial charge is 0.280 e. The Morgan fingerprint density at radius 1 is 1.14 bits per heavy atom. The van der Waals surface area contributed by atoms with Gasteiger partial charge in [0.05, 0.1) is 18.1 Å². The number of halogens is 2. The van der Waals surface area contributed by atoms with Crippen LogP contribution in [0.15, 0.2) is 49.2 Å². The van der Waals surface area contributed by atoms with Crippen molar-refractivity contribution in [3.63, 3.8) is 0 Å². The maximum atomic E-state index is 12.6. The molecule has 3 rings (SSSR count). The van der Waals surface area contributed by atoms with E-state index in [-0.39, 0.29) is 11.5 Å². The minimum Gasteiger partial charge on any atom is -0.338 e. The first-order valence-electron chi connectivity index (χ1n) is 6.05. The lowest BCUT2D eigenvalue weighted by Crippen LogP contribution is -1.98. The summed E-state index contributed by atoms with van der Waals surface area (Å²) in [7, 11) is 0. The molecule has 0 unspecified atom stereocenters. The van der Waals surface area contributed by atoms with Crippen LogP contribution in [0.5, 0.6) is 0 Å². The molecule has 3 heterocycles. The summed E-state index contributed by atoms with van der Waals surface area (Å²) in [6.07, 6.45) is 3.35. The minimum atomic E-state index is -2.63. The van der Waals surface area contributed by atoms with Crippen LogP contribution in [0.4, 0.5) is 20.3 Å². The molecule has 3 aromatic heterocycles. The highest BCUT2D eigenvalue weighted by molar-refractivity contribution is 5.54. The number of hydrogen-bond donors (Lipinski definition) is 1. The molecule has 0 aliphatic rings. The molecule has 0 fully saturated rings. The van der Waals surface area contributed by atoms with Gasteiger partial charge in [-0.25, -0.2) is 28.4 Å². The maximum Gasteiger partial charge on any atom is 0.280 e. The number of nitrogens with one attached hydrogen (secondary N) is 1. The summed E-state index contributed by atoms with van der Waals surface area (Å²) in [5, 5.41) is 7.03. The largest absolute Gasteiger partial charge is 0.338 e. The molecule has 0 aliphatic heterocycles. The van der Waals surface area contributed by atoms with Crippen LogP contribution in [-0.2, 0) is 0 Å². The van der Waals surface area contributed by atoms with Crippen LogP contribution in [-0.4, -0.2) is 24.7 Å². The fraction of sp³-hybridized carbons (Fsp3) is 0.0769. The standard InChI is InChI=1S/C13H10F2N6/c14-13(15)10-5-11(18-8-17-10)20-9-6-19-21(7-9)12-3-1-2-4-16-12/h1-8,13H,(H,17,18,20). The third-order valence-corrected chi connectivity index (χ3v) is 2.65. The first kappa shape index (κ1) is 13.1. The average molecular weight is 288 g/mol. The Labute approximate surface area is 118 Å². The van der Waals surface area contributed by atoms with E-state index in [1.54, 1.807) is 35.4 Å². The normalized spacial score (nSPS) is 10.8. The van der Waals surface area contributed by atoms with E-state index in [0.717, 1.165) is 6.33 Å². The molecule has 8 heteroatoms. The van der Waals surface area contributed by atoms with Gasteiger partial charge in [-0.05, 0) is 12.1 Å². The molecule has 21 heavy (non-hydrogen) atoms. The molecular weight excluding hydrogens is 278 g/mol. The van der Waals surface area contributed by atoms with E-state index in [0.29, 0.717) is 11.5 Å². The Balaban J connectivity index is 1.80. The number of alkyl halides is 2. The number of hydrogen-bond acceptors (Lipinski definition) is 5. The molecule has 0 amide bonds. The second-order valence-electron chi connectivity index (χ2n) is 4.12. The zero-order chi connectivity index (χ0) is 14.7. The van der Waals surface area contributed by atoms with Crippen LogP contribution in [0, 0.1) is 0 Å². The lowest BCUT2D eigenvalue weighted by atomic mass is 10.4. The lowest BCUT2D eigenvalue weighted by Gasteiger charge is -2.04. The summed E-state index contributed by atoms with van der Waals surface area (Å²) >= 11 is 0. The first-order chi connectivity index (χ1) is 10.2. The number of rotatable bonds is 4. The van der Waals surface area contributed by atoms with Gasteiger partial charge >= 0.3 is 0 Å². The Hall–Kier alpha value is -2.90. The topological polar surface area (TPSA) is 68.5 Å². The highest BCUT2D eigenvalue weighted by Crippen LogP contribution is 2.20. The molecule has 0 saturated heterocycles. The summed E-state index contributed by atoms with van der Waals surface area (Å²) in [5.74, 6) is 0.933. The third kappa shape index (κ3) is 2.99. The number of pyridine rings is 1. The average Bonchev–Trinajstić information content (AvgIpc) is 2.97. The second-order valence-corrected chi connectivity index (χ2v) is 4.12. The lowest BCUT2D eigenvalue weighted by molar-refractivity contribution is 0.146. The third-order valence-electron chi connectivity index (χ3n) is 2.65. The number of aromatic nitrogens is 5. The van der Waals surface area contributed by atoms with Crippen molar-refractivity contribution in [2.75, 3.05) is 5.32 Å². The van der Waals surface area contributed by atoms with Gasteiger partial charge in [0, 0.05) is 12.3 Å². The molecule has 0 spiro atoms. The maximum absolute atomic E-state index is 12.6. The van der Waals surface area contributed by atoms with Crippen molar-refractivity contribution in [1.82, 2.24) is 24.7 Å². The van der Waals surface area contributed by atoms with E-state index in [1.807, 2.05) is 6.07 Å². The Bertz CT molecular complexity index is 728. The van der Waals surface area contributed by atoms with Crippen molar-refractivity contribution in [1.29, 1.82) is 0 Å². The van der Waals surface area contributed by atoms with E-state index in [4.69, 9.17) is 0 Å². The van der Waals surface area contributed by atoms with Gasteiger partial charge in [0.15, 0.2) is 5.82 Å². The summed E-state index contributed by atoms with van der Waals surface area (Å²) < 4.78 is 26.7. The highest BCUT2D eigenvalue weighted by Gasteiger charge is 2.10. The van der Waals surface area contributed by atoms with E-state index >= 15 is 0 Å². The van der Waals surface area contributed by atoms with Gasteiger partial charge in [-0.2, -0.15) is 5.10 Å². The van der Waals surface area contributed by atoms with Crippen LogP contribution in [0.3, 0.4) is 0 Å². The SMILES string of the molecule is FC(F)c1cc(Nc2cnn(-c3ccccn3)c2)ncn1. The van der Waals surface area contributed by atoms with E-state index < -0.39 is 6.43 Å². The van der Waals surface area contributed by atoms with Crippen LogP contribution < -0.4 is 5.32 Å². The van der Waals surface area contributed by atoms with Crippen LogP contribution in [0.1, 0.15) is 12.1 Å². The van der Waals surface area contributed by atoms with Gasteiger partial charge in [-0.15, -0.1) is 0 Å². The predicted molar refractivity (Wildman–Crippen MR) is 71.6 cm³/mol. The van der Waals surface area contributed by atoms with E-state index in [2.05, 4.69) is 25.4 Å². The molecule has 0 radical (unpaired) electrons. The van der Waals surface area contributed by atoms with Crippen molar-refractivity contribution in [3.8, 4) is 5.82 Å². The van der Waals surface area contributed by atoms with Crippen molar-refractivity contribution < 1.29 is 8.78 Å². The van der Waals surface area contributed by atoms with Gasteiger partial charge in [-0.3, -0.25) is 0 Å². The Kier molecular flexibility index (Phi) is 3.50. The number of nitrogens with zero attached hydrogens (tertiary/aromatic N) is 5. The molecule has 0 bridgehead atoms. The molecule has 1 N–H and O–H groups in total. The molecular formula is C13H10F2N6. The van der Waals surface area contributed by atoms with Crippen LogP contribution >= 0.6 is 0 Å². The Morgan fingerprint density at radius 2 is 2.05 bits per heavy atom. The van der Waals surface area contributed by atoms with Crippen molar-refractivity contribution in [3.05, 3.63) is 54.9 Å². The Morgan fingerprint density at radius 3 is 2.81 bits per heavy atom. The molecule has 0 aromatic carbocycles. The van der Waals surface area contributed by atoms with Gasteiger partial charge in [0.2, 0.25) is 0 Å². The summed E-state index contributed by atoms with van der Waals surface area (Å²) in [6, 6.07) is 6.65. The summed E-state index contributed by atoms with van der Waals surface area (Å²) in [5.41, 5.74) is 0.282. The molecule has 0 aliphatic carbocycles. The van der Waals surface area contributed by atoms with E-state index in [1.165, 1.54) is 6.07 Å². The van der Waals surface area contributed by atoms with Gasteiger partial charge in [0.25, 0.3) is 6.43 Å². The number of anilines is 2. The zero-order valence-corrected chi connectivity index (χ0v) is 10.7. The quantitative estimate of drug-likeness (QED) is 0.799. The molecule has 6 nitrogen and oxygen atoms in total. The summed E-state index contributed by atoms with van der Waals surface area (Å²) in [4.78, 5) is 11.5. The first-order valence-corrected chi connectivity index (χ1v) is 6.05. The fourth-order valence-electron chi connectivity index (χ4n) is 1.71. The molecule has 3 aromatic rings. The van der Waals surface area contributed by atoms with Crippen molar-refractivity contribution in [2.45, 2.75) is 6.43 Å². The van der Waals surface area contributed by atoms with Crippen molar-refractivity contribution in [2.24, 2.45) is 0 Å². The summed E-state index contributed by atoms with van der Waals surface area (Å²) in [6.45, 7) is 0. The van der Waals surface area contributed by atoms with Gasteiger partial charge in [0.1, 0.15) is 17.8 Å². The van der Waals surface area contributed by atoms with Gasteiger partial charge < -0.3 is 5.32 Å².